The molecule has 21 heavy (non-hydrogen) atoms. The Morgan fingerprint density at radius 1 is 1.10 bits per heavy atom. The fraction of sp³-hybridized carbons (Fsp3) is 0.400. The number of carbonyl (C=O) groups is 3. The van der Waals surface area contributed by atoms with Gasteiger partial charge >= 0.3 is 5.97 Å². The summed E-state index contributed by atoms with van der Waals surface area (Å²) in [6, 6.07) is 6.03. The molecule has 1 aromatic carbocycles. The van der Waals surface area contributed by atoms with Gasteiger partial charge in [0.2, 0.25) is 5.91 Å². The maximum Gasteiger partial charge on any atom is 0.325 e. The van der Waals surface area contributed by atoms with Gasteiger partial charge in [-0.2, -0.15) is 0 Å². The molecule has 6 nitrogen and oxygen atoms in total. The number of nitrogens with two attached hydrogens (primary N) is 1. The van der Waals surface area contributed by atoms with Crippen molar-refractivity contribution in [3.05, 3.63) is 35.4 Å². The summed E-state index contributed by atoms with van der Waals surface area (Å²) in [6.45, 7) is 4.28. The Bertz CT molecular complexity index is 511. The number of primary amides is 1. The van der Waals surface area contributed by atoms with Gasteiger partial charge in [0.25, 0.3) is 5.91 Å². The molecule has 0 aliphatic rings. The van der Waals surface area contributed by atoms with Crippen LogP contribution in [0.2, 0.25) is 0 Å². The Hall–Kier alpha value is -2.37. The molecule has 0 saturated carbocycles. The number of ether oxygens (including phenoxy) is 1. The van der Waals surface area contributed by atoms with Crippen molar-refractivity contribution in [1.82, 2.24) is 4.90 Å². The molecule has 0 bridgehead atoms. The monoisotopic (exact) mass is 292 g/mol. The van der Waals surface area contributed by atoms with Crippen LogP contribution in [0.4, 0.5) is 0 Å². The summed E-state index contributed by atoms with van der Waals surface area (Å²) in [5.41, 5.74) is 5.88. The van der Waals surface area contributed by atoms with E-state index in [1.807, 2.05) is 6.92 Å². The van der Waals surface area contributed by atoms with Crippen LogP contribution in [-0.2, 0) is 9.53 Å². The molecule has 2 N–H and O–H groups in total. The highest BCUT2D eigenvalue weighted by Gasteiger charge is 2.18. The van der Waals surface area contributed by atoms with Crippen molar-refractivity contribution in [2.75, 3.05) is 19.7 Å². The molecule has 0 unspecified atom stereocenters. The van der Waals surface area contributed by atoms with Crippen LogP contribution in [0.25, 0.3) is 0 Å². The van der Waals surface area contributed by atoms with Gasteiger partial charge in [-0.3, -0.25) is 14.4 Å². The molecule has 114 valence electrons. The largest absolute Gasteiger partial charge is 0.465 e. The number of hydrogen-bond acceptors (Lipinski definition) is 4. The number of hydrogen-bond donors (Lipinski definition) is 1. The highest BCUT2D eigenvalue weighted by atomic mass is 16.5. The molecule has 0 fully saturated rings. The van der Waals surface area contributed by atoms with Crippen molar-refractivity contribution >= 4 is 17.8 Å². The Labute approximate surface area is 123 Å². The van der Waals surface area contributed by atoms with Crippen LogP contribution in [0.5, 0.6) is 0 Å². The quantitative estimate of drug-likeness (QED) is 0.765. The van der Waals surface area contributed by atoms with E-state index in [2.05, 4.69) is 0 Å². The number of nitrogens with zero attached hydrogens (tertiary/aromatic N) is 1. The van der Waals surface area contributed by atoms with Gasteiger partial charge in [-0.25, -0.2) is 0 Å². The van der Waals surface area contributed by atoms with E-state index in [9.17, 15) is 14.4 Å². The minimum Gasteiger partial charge on any atom is -0.465 e. The molecular formula is C15H20N2O4. The second kappa shape index (κ2) is 8.04. The van der Waals surface area contributed by atoms with Crippen molar-refractivity contribution in [3.8, 4) is 0 Å². The van der Waals surface area contributed by atoms with E-state index < -0.39 is 11.9 Å². The number of rotatable bonds is 7. The van der Waals surface area contributed by atoms with Crippen LogP contribution in [0.1, 0.15) is 41.0 Å². The van der Waals surface area contributed by atoms with E-state index in [0.717, 1.165) is 6.42 Å². The number of carbonyl (C=O) groups excluding carboxylic acids is 3. The fourth-order valence-corrected chi connectivity index (χ4v) is 1.84. The zero-order chi connectivity index (χ0) is 15.8. The average molecular weight is 292 g/mol. The summed E-state index contributed by atoms with van der Waals surface area (Å²) in [4.78, 5) is 36.3. The number of esters is 1. The molecule has 0 saturated heterocycles. The first-order valence-corrected chi connectivity index (χ1v) is 6.84. The Morgan fingerprint density at radius 3 is 2.14 bits per heavy atom. The topological polar surface area (TPSA) is 89.7 Å². The average Bonchev–Trinajstić information content (AvgIpc) is 2.46. The molecule has 0 aromatic heterocycles. The van der Waals surface area contributed by atoms with Crippen molar-refractivity contribution in [1.29, 1.82) is 0 Å². The summed E-state index contributed by atoms with van der Waals surface area (Å²) < 4.78 is 4.86. The lowest BCUT2D eigenvalue weighted by Gasteiger charge is -2.21. The Kier molecular flexibility index (Phi) is 6.39. The van der Waals surface area contributed by atoms with Crippen molar-refractivity contribution in [2.45, 2.75) is 20.3 Å². The smallest absolute Gasteiger partial charge is 0.325 e. The normalized spacial score (nSPS) is 10.0. The molecule has 2 amide bonds. The zero-order valence-corrected chi connectivity index (χ0v) is 12.3. The van der Waals surface area contributed by atoms with Crippen LogP contribution in [0.15, 0.2) is 24.3 Å². The van der Waals surface area contributed by atoms with Gasteiger partial charge in [0.15, 0.2) is 0 Å². The summed E-state index contributed by atoms with van der Waals surface area (Å²) in [7, 11) is 0. The molecule has 1 rings (SSSR count). The van der Waals surface area contributed by atoms with E-state index >= 15 is 0 Å². The van der Waals surface area contributed by atoms with Crippen LogP contribution in [0, 0.1) is 0 Å². The predicted molar refractivity (Wildman–Crippen MR) is 77.8 cm³/mol. The zero-order valence-electron chi connectivity index (χ0n) is 12.3. The lowest BCUT2D eigenvalue weighted by molar-refractivity contribution is -0.143. The SMILES string of the molecule is CCCN(CC(=O)OCC)C(=O)c1ccc(C(N)=O)cc1. The van der Waals surface area contributed by atoms with E-state index in [-0.39, 0.29) is 19.1 Å². The maximum atomic E-state index is 12.4. The highest BCUT2D eigenvalue weighted by Crippen LogP contribution is 2.08. The van der Waals surface area contributed by atoms with Crippen LogP contribution >= 0.6 is 0 Å². The summed E-state index contributed by atoms with van der Waals surface area (Å²) >= 11 is 0. The van der Waals surface area contributed by atoms with E-state index in [1.54, 1.807) is 6.92 Å². The second-order valence-corrected chi connectivity index (χ2v) is 4.47. The molecule has 0 radical (unpaired) electrons. The molecule has 0 spiro atoms. The van der Waals surface area contributed by atoms with E-state index in [0.29, 0.717) is 17.7 Å². The Balaban J connectivity index is 2.84. The molecule has 0 atom stereocenters. The fourth-order valence-electron chi connectivity index (χ4n) is 1.84. The number of amides is 2. The minimum atomic E-state index is -0.550. The van der Waals surface area contributed by atoms with Gasteiger partial charge in [-0.15, -0.1) is 0 Å². The van der Waals surface area contributed by atoms with Crippen LogP contribution in [-0.4, -0.2) is 42.4 Å². The van der Waals surface area contributed by atoms with Gasteiger partial charge in [0.05, 0.1) is 6.61 Å². The summed E-state index contributed by atoms with van der Waals surface area (Å²) in [5, 5.41) is 0. The molecule has 6 heteroatoms. The third-order valence-corrected chi connectivity index (χ3v) is 2.82. The maximum absolute atomic E-state index is 12.4. The highest BCUT2D eigenvalue weighted by molar-refractivity contribution is 5.98. The third-order valence-electron chi connectivity index (χ3n) is 2.82. The van der Waals surface area contributed by atoms with E-state index in [1.165, 1.54) is 29.2 Å². The van der Waals surface area contributed by atoms with Gasteiger partial charge in [-0.1, -0.05) is 6.92 Å². The first-order valence-electron chi connectivity index (χ1n) is 6.84. The van der Waals surface area contributed by atoms with Gasteiger partial charge < -0.3 is 15.4 Å². The summed E-state index contributed by atoms with van der Waals surface area (Å²) in [6.07, 6.45) is 0.727. The molecular weight excluding hydrogens is 272 g/mol. The minimum absolute atomic E-state index is 0.0852. The predicted octanol–water partition coefficient (Wildman–Crippen LogP) is 1.20. The standard InChI is InChI=1S/C15H20N2O4/c1-3-9-17(10-13(18)21-4-2)15(20)12-7-5-11(6-8-12)14(16)19/h5-8H,3-4,9-10H2,1-2H3,(H2,16,19). The van der Waals surface area contributed by atoms with E-state index in [4.69, 9.17) is 10.5 Å². The third kappa shape index (κ3) is 4.91. The van der Waals surface area contributed by atoms with Gasteiger partial charge in [0, 0.05) is 17.7 Å². The lowest BCUT2D eigenvalue weighted by atomic mass is 10.1. The molecule has 0 aliphatic carbocycles. The van der Waals surface area contributed by atoms with Crippen LogP contribution < -0.4 is 5.73 Å². The Morgan fingerprint density at radius 2 is 1.67 bits per heavy atom. The van der Waals surface area contributed by atoms with Crippen LogP contribution in [0.3, 0.4) is 0 Å². The number of benzene rings is 1. The lowest BCUT2D eigenvalue weighted by Crippen LogP contribution is -2.37. The second-order valence-electron chi connectivity index (χ2n) is 4.47. The van der Waals surface area contributed by atoms with Crippen molar-refractivity contribution in [2.24, 2.45) is 5.73 Å². The molecule has 0 heterocycles. The molecule has 0 aliphatic heterocycles. The van der Waals surface area contributed by atoms with Gasteiger partial charge in [-0.05, 0) is 37.6 Å². The first kappa shape index (κ1) is 16.7. The molecule has 1 aromatic rings. The van der Waals surface area contributed by atoms with Crippen molar-refractivity contribution in [3.63, 3.8) is 0 Å². The van der Waals surface area contributed by atoms with Gasteiger partial charge in [0.1, 0.15) is 6.54 Å². The van der Waals surface area contributed by atoms with Crippen molar-refractivity contribution < 1.29 is 19.1 Å². The summed E-state index contributed by atoms with van der Waals surface area (Å²) in [5.74, 6) is -1.26. The first-order chi connectivity index (χ1) is 9.99.